The highest BCUT2D eigenvalue weighted by Crippen LogP contribution is 2.24. The van der Waals surface area contributed by atoms with Crippen molar-refractivity contribution in [3.8, 4) is 23.3 Å². The first kappa shape index (κ1) is 34.2. The Balaban J connectivity index is 1.42. The summed E-state index contributed by atoms with van der Waals surface area (Å²) < 4.78 is 65.6. The van der Waals surface area contributed by atoms with E-state index >= 15 is 0 Å². The Morgan fingerprint density at radius 1 is 0.682 bits per heavy atom. The van der Waals surface area contributed by atoms with Crippen LogP contribution in [0.2, 0.25) is 0 Å². The molecule has 0 aliphatic rings. The van der Waals surface area contributed by atoms with Crippen LogP contribution in [0.15, 0.2) is 72.8 Å². The Kier molecular flexibility index (Phi) is 13.8. The summed E-state index contributed by atoms with van der Waals surface area (Å²) in [6, 6.07) is 18.9. The molecular weight excluding hydrogens is 576 g/mol. The first-order valence-corrected chi connectivity index (χ1v) is 14.7. The molecule has 234 valence electrons. The first-order chi connectivity index (χ1) is 21.2. The summed E-state index contributed by atoms with van der Waals surface area (Å²) in [6.07, 6.45) is 6.06. The minimum atomic E-state index is -4.45. The molecule has 9 heteroatoms. The van der Waals surface area contributed by atoms with Gasteiger partial charge in [-0.1, -0.05) is 63.7 Å². The molecule has 0 amide bonds. The van der Waals surface area contributed by atoms with Gasteiger partial charge in [-0.3, -0.25) is 0 Å². The first-order valence-electron chi connectivity index (χ1n) is 14.7. The molecule has 0 unspecified atom stereocenters. The van der Waals surface area contributed by atoms with E-state index in [1.807, 2.05) is 24.3 Å². The molecule has 0 aliphatic carbocycles. The number of ether oxygens (including phenoxy) is 3. The van der Waals surface area contributed by atoms with Gasteiger partial charge in [-0.15, -0.1) is 0 Å². The molecular formula is C35H36F4O5. The van der Waals surface area contributed by atoms with Gasteiger partial charge < -0.3 is 14.2 Å². The number of hydrogen-bond acceptors (Lipinski definition) is 5. The number of alkyl halides is 4. The molecule has 44 heavy (non-hydrogen) atoms. The molecule has 0 atom stereocenters. The maximum absolute atomic E-state index is 12.9. The smallest absolute Gasteiger partial charge is 0.343 e. The van der Waals surface area contributed by atoms with E-state index in [1.165, 1.54) is 69.2 Å². The van der Waals surface area contributed by atoms with Crippen LogP contribution in [-0.2, 0) is 4.74 Å². The van der Waals surface area contributed by atoms with Gasteiger partial charge in [0.2, 0.25) is 0 Å². The molecule has 0 saturated carbocycles. The van der Waals surface area contributed by atoms with Crippen LogP contribution in [0.3, 0.4) is 0 Å². The van der Waals surface area contributed by atoms with Crippen LogP contribution in [0.1, 0.15) is 90.1 Å². The molecule has 0 aliphatic heterocycles. The molecule has 3 aromatic carbocycles. The normalized spacial score (nSPS) is 11.0. The summed E-state index contributed by atoms with van der Waals surface area (Å²) in [6.45, 7) is 1.18. The van der Waals surface area contributed by atoms with Crippen molar-refractivity contribution < 1.29 is 41.4 Å². The summed E-state index contributed by atoms with van der Waals surface area (Å²) in [5.41, 5.74) is 1.60. The van der Waals surface area contributed by atoms with E-state index < -0.39 is 30.9 Å². The van der Waals surface area contributed by atoms with Crippen molar-refractivity contribution in [2.45, 2.75) is 70.6 Å². The molecule has 0 saturated heterocycles. The molecule has 5 nitrogen and oxygen atoms in total. The van der Waals surface area contributed by atoms with Gasteiger partial charge in [0.05, 0.1) is 17.7 Å². The third-order valence-corrected chi connectivity index (χ3v) is 6.61. The largest absolute Gasteiger partial charge is 0.494 e. The Labute approximate surface area is 255 Å². The third-order valence-electron chi connectivity index (χ3n) is 6.61. The van der Waals surface area contributed by atoms with Crippen LogP contribution < -0.4 is 9.47 Å². The zero-order chi connectivity index (χ0) is 31.8. The second-order valence-electron chi connectivity index (χ2n) is 10.2. The number of carbonyl (C=O) groups is 2. The van der Waals surface area contributed by atoms with Gasteiger partial charge in [-0.25, -0.2) is 18.4 Å². The number of hydrogen-bond donors (Lipinski definition) is 0. The summed E-state index contributed by atoms with van der Waals surface area (Å²) >= 11 is 0. The third kappa shape index (κ3) is 11.8. The summed E-state index contributed by atoms with van der Waals surface area (Å²) in [5, 5.41) is 0. The van der Waals surface area contributed by atoms with Gasteiger partial charge in [0, 0.05) is 11.1 Å². The summed E-state index contributed by atoms with van der Waals surface area (Å²) in [5.74, 6) is 0.698. The number of unbranched alkanes of at least 4 members (excludes halogenated alkanes) is 7. The lowest BCUT2D eigenvalue weighted by molar-refractivity contribution is -0.155. The molecule has 0 fully saturated rings. The minimum Gasteiger partial charge on any atom is -0.494 e. The maximum atomic E-state index is 12.9. The van der Waals surface area contributed by atoms with Crippen molar-refractivity contribution in [1.29, 1.82) is 0 Å². The highest BCUT2D eigenvalue weighted by atomic mass is 19.3. The number of halogens is 4. The number of carbonyl (C=O) groups excluding carboxylic acids is 2. The van der Waals surface area contributed by atoms with Crippen LogP contribution >= 0.6 is 0 Å². The lowest BCUT2D eigenvalue weighted by atomic mass is 10.1. The summed E-state index contributed by atoms with van der Waals surface area (Å²) in [4.78, 5) is 24.3. The number of esters is 2. The average molecular weight is 613 g/mol. The standard InChI is InChI=1S/C35H36F4O5/c1-2-3-4-5-6-7-8-9-24-42-30-20-14-27(15-21-30)11-10-26-12-16-29(17-13-26)33(41)44-31-22-18-28(19-23-31)32(40)43-25-35(38,39)34(36)37/h12-23,34H,2-9,24-25H2,1H3. The fourth-order valence-corrected chi connectivity index (χ4v) is 4.03. The SMILES string of the molecule is CCCCCCCCCCOc1ccc(C#Cc2ccc(C(=O)Oc3ccc(C(=O)OCC(F)(F)C(F)F)cc3)cc2)cc1. The van der Waals surface area contributed by atoms with Crippen LogP contribution in [-0.4, -0.2) is 37.5 Å². The van der Waals surface area contributed by atoms with E-state index in [0.29, 0.717) is 12.2 Å². The van der Waals surface area contributed by atoms with Crippen molar-refractivity contribution in [2.75, 3.05) is 13.2 Å². The maximum Gasteiger partial charge on any atom is 0.343 e. The highest BCUT2D eigenvalue weighted by molar-refractivity contribution is 5.92. The van der Waals surface area contributed by atoms with E-state index in [-0.39, 0.29) is 16.9 Å². The monoisotopic (exact) mass is 612 g/mol. The van der Waals surface area contributed by atoms with Crippen molar-refractivity contribution >= 4 is 11.9 Å². The Morgan fingerprint density at radius 2 is 1.16 bits per heavy atom. The van der Waals surface area contributed by atoms with Gasteiger partial charge >= 0.3 is 24.3 Å². The van der Waals surface area contributed by atoms with Gasteiger partial charge in [-0.2, -0.15) is 8.78 Å². The molecule has 0 N–H and O–H groups in total. The molecule has 3 aromatic rings. The van der Waals surface area contributed by atoms with Crippen molar-refractivity contribution in [3.63, 3.8) is 0 Å². The van der Waals surface area contributed by atoms with Gasteiger partial charge in [-0.05, 0) is 79.2 Å². The fourth-order valence-electron chi connectivity index (χ4n) is 4.03. The molecule has 0 heterocycles. The minimum absolute atomic E-state index is 0.0820. The molecule has 0 spiro atoms. The van der Waals surface area contributed by atoms with Crippen molar-refractivity contribution in [1.82, 2.24) is 0 Å². The average Bonchev–Trinajstić information content (AvgIpc) is 3.03. The fraction of sp³-hybridized carbons (Fsp3) is 0.371. The lowest BCUT2D eigenvalue weighted by Crippen LogP contribution is -2.33. The highest BCUT2D eigenvalue weighted by Gasteiger charge is 2.42. The molecule has 3 rings (SSSR count). The predicted octanol–water partition coefficient (Wildman–Crippen LogP) is 8.88. The van der Waals surface area contributed by atoms with Crippen LogP contribution in [0.5, 0.6) is 11.5 Å². The van der Waals surface area contributed by atoms with Gasteiger partial charge in [0.1, 0.15) is 11.5 Å². The van der Waals surface area contributed by atoms with Crippen molar-refractivity contribution in [3.05, 3.63) is 95.1 Å². The summed E-state index contributed by atoms with van der Waals surface area (Å²) in [7, 11) is 0. The topological polar surface area (TPSA) is 61.8 Å². The van der Waals surface area contributed by atoms with E-state index in [0.717, 1.165) is 17.7 Å². The van der Waals surface area contributed by atoms with E-state index in [4.69, 9.17) is 9.47 Å². The van der Waals surface area contributed by atoms with Crippen LogP contribution in [0.4, 0.5) is 17.6 Å². The Bertz CT molecular complexity index is 1380. The molecule has 0 aromatic heterocycles. The van der Waals surface area contributed by atoms with E-state index in [9.17, 15) is 27.2 Å². The Morgan fingerprint density at radius 3 is 1.73 bits per heavy atom. The quantitative estimate of drug-likeness (QED) is 0.0532. The van der Waals surface area contributed by atoms with Crippen LogP contribution in [0, 0.1) is 11.8 Å². The van der Waals surface area contributed by atoms with Gasteiger partial charge in [0.15, 0.2) is 6.61 Å². The second kappa shape index (κ2) is 17.7. The van der Waals surface area contributed by atoms with Crippen LogP contribution in [0.25, 0.3) is 0 Å². The number of benzene rings is 3. The van der Waals surface area contributed by atoms with E-state index in [2.05, 4.69) is 23.5 Å². The van der Waals surface area contributed by atoms with Crippen molar-refractivity contribution in [2.24, 2.45) is 0 Å². The lowest BCUT2D eigenvalue weighted by Gasteiger charge is -2.15. The zero-order valence-corrected chi connectivity index (χ0v) is 24.6. The Hall–Kier alpha value is -4.32. The second-order valence-corrected chi connectivity index (χ2v) is 10.2. The molecule has 0 radical (unpaired) electrons. The van der Waals surface area contributed by atoms with Gasteiger partial charge in [0.25, 0.3) is 0 Å². The predicted molar refractivity (Wildman–Crippen MR) is 160 cm³/mol. The van der Waals surface area contributed by atoms with E-state index in [1.54, 1.807) is 24.3 Å². The number of rotatable bonds is 16. The zero-order valence-electron chi connectivity index (χ0n) is 24.6. The molecule has 0 bridgehead atoms.